The van der Waals surface area contributed by atoms with E-state index in [1.807, 2.05) is 4.90 Å². The molecule has 2 rings (SSSR count). The Morgan fingerprint density at radius 1 is 1.62 bits per heavy atom. The molecule has 0 radical (unpaired) electrons. The van der Waals surface area contributed by atoms with E-state index in [0.717, 1.165) is 13.0 Å². The Kier molecular flexibility index (Phi) is 2.85. The van der Waals surface area contributed by atoms with E-state index in [4.69, 9.17) is 5.73 Å². The van der Waals surface area contributed by atoms with E-state index in [1.54, 1.807) is 6.07 Å². The number of aromatic nitrogens is 2. The van der Waals surface area contributed by atoms with Gasteiger partial charge in [0.25, 0.3) is 5.91 Å². The molecule has 1 aliphatic rings. The molecular formula is C11H18N4O. The van der Waals surface area contributed by atoms with Crippen molar-refractivity contribution in [1.29, 1.82) is 0 Å². The summed E-state index contributed by atoms with van der Waals surface area (Å²) in [7, 11) is 0. The summed E-state index contributed by atoms with van der Waals surface area (Å²) >= 11 is 0. The van der Waals surface area contributed by atoms with Crippen LogP contribution in [0.3, 0.4) is 0 Å². The van der Waals surface area contributed by atoms with E-state index < -0.39 is 0 Å². The molecule has 1 aromatic heterocycles. The lowest BCUT2D eigenvalue weighted by Crippen LogP contribution is -2.46. The van der Waals surface area contributed by atoms with Gasteiger partial charge in [0.05, 0.1) is 0 Å². The van der Waals surface area contributed by atoms with E-state index >= 15 is 0 Å². The van der Waals surface area contributed by atoms with Gasteiger partial charge < -0.3 is 10.6 Å². The van der Waals surface area contributed by atoms with Gasteiger partial charge in [-0.05, 0) is 25.7 Å². The molecule has 3 N–H and O–H groups in total. The second-order valence-corrected chi connectivity index (χ2v) is 4.57. The van der Waals surface area contributed by atoms with Gasteiger partial charge in [-0.3, -0.25) is 9.89 Å². The zero-order valence-electron chi connectivity index (χ0n) is 9.73. The first kappa shape index (κ1) is 11.0. The third-order valence-corrected chi connectivity index (χ3v) is 3.46. The van der Waals surface area contributed by atoms with Crippen LogP contribution in [0.25, 0.3) is 0 Å². The third-order valence-electron chi connectivity index (χ3n) is 3.46. The Hall–Kier alpha value is -1.52. The summed E-state index contributed by atoms with van der Waals surface area (Å²) in [4.78, 5) is 14.1. The molecule has 1 aliphatic heterocycles. The van der Waals surface area contributed by atoms with Crippen LogP contribution in [-0.4, -0.2) is 33.6 Å². The Labute approximate surface area is 95.0 Å². The summed E-state index contributed by atoms with van der Waals surface area (Å²) in [5.74, 6) is 0.919. The van der Waals surface area contributed by atoms with Crippen LogP contribution in [0.4, 0.5) is 5.82 Å². The first-order valence-corrected chi connectivity index (χ1v) is 5.71. The maximum absolute atomic E-state index is 12.2. The second-order valence-electron chi connectivity index (χ2n) is 4.57. The molecule has 0 aromatic carbocycles. The number of nitrogens with one attached hydrogen (secondary N) is 1. The van der Waals surface area contributed by atoms with Crippen LogP contribution >= 0.6 is 0 Å². The minimum atomic E-state index is 0.00301. The highest BCUT2D eigenvalue weighted by atomic mass is 16.2. The van der Waals surface area contributed by atoms with Gasteiger partial charge in [-0.1, -0.05) is 6.92 Å². The maximum Gasteiger partial charge on any atom is 0.272 e. The van der Waals surface area contributed by atoms with E-state index in [2.05, 4.69) is 24.0 Å². The van der Waals surface area contributed by atoms with Crippen molar-refractivity contribution in [3.05, 3.63) is 11.8 Å². The summed E-state index contributed by atoms with van der Waals surface area (Å²) in [6.45, 7) is 5.11. The standard InChI is InChI=1S/C11H18N4O/c1-7-4-3-5-15(8(7)2)11(16)9-6-10(12)14-13-9/h6-8H,3-5H2,1-2H3,(H3,12,13,14). The molecule has 88 valence electrons. The summed E-state index contributed by atoms with van der Waals surface area (Å²) in [6.07, 6.45) is 2.26. The lowest BCUT2D eigenvalue weighted by molar-refractivity contribution is 0.0545. The van der Waals surface area contributed by atoms with Crippen molar-refractivity contribution < 1.29 is 4.79 Å². The number of nitrogens with zero attached hydrogens (tertiary/aromatic N) is 2. The largest absolute Gasteiger partial charge is 0.382 e. The zero-order valence-corrected chi connectivity index (χ0v) is 9.73. The first-order valence-electron chi connectivity index (χ1n) is 5.71. The van der Waals surface area contributed by atoms with Crippen molar-refractivity contribution in [2.24, 2.45) is 5.92 Å². The molecule has 1 saturated heterocycles. The number of carbonyl (C=O) groups is 1. The Morgan fingerprint density at radius 3 is 3.00 bits per heavy atom. The van der Waals surface area contributed by atoms with Gasteiger partial charge in [0.2, 0.25) is 0 Å². The van der Waals surface area contributed by atoms with Crippen LogP contribution in [-0.2, 0) is 0 Å². The number of hydrogen-bond acceptors (Lipinski definition) is 3. The summed E-state index contributed by atoms with van der Waals surface area (Å²) < 4.78 is 0. The first-order chi connectivity index (χ1) is 7.59. The zero-order chi connectivity index (χ0) is 11.7. The normalized spacial score (nSPS) is 25.8. The predicted octanol–water partition coefficient (Wildman–Crippen LogP) is 1.25. The number of aromatic amines is 1. The Bertz CT molecular complexity index is 387. The van der Waals surface area contributed by atoms with Crippen molar-refractivity contribution in [1.82, 2.24) is 15.1 Å². The van der Waals surface area contributed by atoms with Gasteiger partial charge in [-0.2, -0.15) is 5.10 Å². The van der Waals surface area contributed by atoms with E-state index in [1.165, 1.54) is 6.42 Å². The number of carbonyl (C=O) groups excluding carboxylic acids is 1. The minimum absolute atomic E-state index is 0.00301. The number of amides is 1. The van der Waals surface area contributed by atoms with Gasteiger partial charge in [0.15, 0.2) is 0 Å². The topological polar surface area (TPSA) is 75.0 Å². The highest BCUT2D eigenvalue weighted by molar-refractivity contribution is 5.93. The molecular weight excluding hydrogens is 204 g/mol. The minimum Gasteiger partial charge on any atom is -0.382 e. The van der Waals surface area contributed by atoms with Crippen molar-refractivity contribution >= 4 is 11.7 Å². The quantitative estimate of drug-likeness (QED) is 0.751. The van der Waals surface area contributed by atoms with Crippen molar-refractivity contribution in [3.8, 4) is 0 Å². The monoisotopic (exact) mass is 222 g/mol. The van der Waals surface area contributed by atoms with Crippen molar-refractivity contribution in [2.75, 3.05) is 12.3 Å². The van der Waals surface area contributed by atoms with Crippen LogP contribution in [0.15, 0.2) is 6.07 Å². The Morgan fingerprint density at radius 2 is 2.38 bits per heavy atom. The number of likely N-dealkylation sites (tertiary alicyclic amines) is 1. The van der Waals surface area contributed by atoms with Gasteiger partial charge in [-0.15, -0.1) is 0 Å². The van der Waals surface area contributed by atoms with Crippen LogP contribution in [0, 0.1) is 5.92 Å². The van der Waals surface area contributed by atoms with Gasteiger partial charge in [-0.25, -0.2) is 0 Å². The number of rotatable bonds is 1. The van der Waals surface area contributed by atoms with Crippen LogP contribution < -0.4 is 5.73 Å². The molecule has 2 heterocycles. The van der Waals surface area contributed by atoms with E-state index in [0.29, 0.717) is 17.4 Å². The van der Waals surface area contributed by atoms with E-state index in [9.17, 15) is 4.79 Å². The summed E-state index contributed by atoms with van der Waals surface area (Å²) in [5.41, 5.74) is 5.98. The fourth-order valence-corrected chi connectivity index (χ4v) is 2.22. The molecule has 16 heavy (non-hydrogen) atoms. The third kappa shape index (κ3) is 1.89. The smallest absolute Gasteiger partial charge is 0.272 e. The van der Waals surface area contributed by atoms with Crippen LogP contribution in [0.1, 0.15) is 37.2 Å². The molecule has 0 bridgehead atoms. The van der Waals surface area contributed by atoms with Crippen molar-refractivity contribution in [2.45, 2.75) is 32.7 Å². The summed E-state index contributed by atoms with van der Waals surface area (Å²) in [5, 5.41) is 6.45. The maximum atomic E-state index is 12.2. The van der Waals surface area contributed by atoms with Crippen LogP contribution in [0.5, 0.6) is 0 Å². The highest BCUT2D eigenvalue weighted by Gasteiger charge is 2.29. The summed E-state index contributed by atoms with van der Waals surface area (Å²) in [6, 6.07) is 1.87. The molecule has 1 aromatic rings. The average molecular weight is 222 g/mol. The second kappa shape index (κ2) is 4.15. The number of nitrogens with two attached hydrogens (primary N) is 1. The molecule has 0 saturated carbocycles. The Balaban J connectivity index is 2.15. The molecule has 5 heteroatoms. The van der Waals surface area contributed by atoms with Crippen molar-refractivity contribution in [3.63, 3.8) is 0 Å². The van der Waals surface area contributed by atoms with Gasteiger partial charge >= 0.3 is 0 Å². The number of nitrogen functional groups attached to an aromatic ring is 1. The molecule has 0 spiro atoms. The number of H-pyrrole nitrogens is 1. The van der Waals surface area contributed by atoms with Crippen LogP contribution in [0.2, 0.25) is 0 Å². The number of anilines is 1. The molecule has 0 aliphatic carbocycles. The fraction of sp³-hybridized carbons (Fsp3) is 0.636. The van der Waals surface area contributed by atoms with Gasteiger partial charge in [0.1, 0.15) is 11.5 Å². The fourth-order valence-electron chi connectivity index (χ4n) is 2.22. The molecule has 2 atom stereocenters. The highest BCUT2D eigenvalue weighted by Crippen LogP contribution is 2.24. The lowest BCUT2D eigenvalue weighted by atomic mass is 9.92. The van der Waals surface area contributed by atoms with E-state index in [-0.39, 0.29) is 11.9 Å². The molecule has 1 fully saturated rings. The SMILES string of the molecule is CC1CCCN(C(=O)c2cc(N)n[nH]2)C1C. The lowest BCUT2D eigenvalue weighted by Gasteiger charge is -2.37. The number of hydrogen-bond donors (Lipinski definition) is 2. The predicted molar refractivity (Wildman–Crippen MR) is 61.9 cm³/mol. The molecule has 2 unspecified atom stereocenters. The molecule has 5 nitrogen and oxygen atoms in total. The van der Waals surface area contributed by atoms with Gasteiger partial charge in [0, 0.05) is 18.7 Å². The molecule has 1 amide bonds. The number of piperidine rings is 1. The average Bonchev–Trinajstić information content (AvgIpc) is 2.68.